The Labute approximate surface area is 84.4 Å². The molecule has 0 fully saturated rings. The molecule has 5 heteroatoms. The first-order chi connectivity index (χ1) is 6.07. The molecule has 0 saturated heterocycles. The van der Waals surface area contributed by atoms with Gasteiger partial charge in [-0.3, -0.25) is 4.79 Å². The maximum Gasteiger partial charge on any atom is 0.182 e. The van der Waals surface area contributed by atoms with E-state index in [0.29, 0.717) is 0 Å². The number of benzene rings is 1. The minimum absolute atomic E-state index is 0.0781. The summed E-state index contributed by atoms with van der Waals surface area (Å²) in [4.78, 5) is 11.1. The highest BCUT2D eigenvalue weighted by molar-refractivity contribution is 6.39. The second-order valence-electron chi connectivity index (χ2n) is 2.38. The molecule has 0 unspecified atom stereocenters. The summed E-state index contributed by atoms with van der Waals surface area (Å²) < 4.78 is 13.0. The molecule has 0 heterocycles. The maximum atomic E-state index is 13.0. The van der Waals surface area contributed by atoms with Gasteiger partial charge in [-0.05, 0) is 12.1 Å². The first-order valence-electron chi connectivity index (χ1n) is 3.40. The van der Waals surface area contributed by atoms with E-state index >= 15 is 0 Å². The SMILES string of the molecule is Nc1ccc(F)c(C(=O)CCl)c1Cl. The van der Waals surface area contributed by atoms with Crippen LogP contribution in [-0.4, -0.2) is 11.7 Å². The van der Waals surface area contributed by atoms with Gasteiger partial charge in [0.25, 0.3) is 0 Å². The first-order valence-corrected chi connectivity index (χ1v) is 4.31. The molecule has 70 valence electrons. The van der Waals surface area contributed by atoms with E-state index in [1.54, 1.807) is 0 Å². The highest BCUT2D eigenvalue weighted by atomic mass is 35.5. The number of carbonyl (C=O) groups excluding carboxylic acids is 1. The van der Waals surface area contributed by atoms with Crippen LogP contribution in [0.4, 0.5) is 10.1 Å². The van der Waals surface area contributed by atoms with Gasteiger partial charge in [-0.2, -0.15) is 0 Å². The maximum absolute atomic E-state index is 13.0. The molecular weight excluding hydrogens is 216 g/mol. The van der Waals surface area contributed by atoms with Gasteiger partial charge >= 0.3 is 0 Å². The summed E-state index contributed by atoms with van der Waals surface area (Å²) in [6.07, 6.45) is 0. The molecule has 0 atom stereocenters. The summed E-state index contributed by atoms with van der Waals surface area (Å²) in [6.45, 7) is 0. The first kappa shape index (κ1) is 10.3. The minimum Gasteiger partial charge on any atom is -0.398 e. The standard InChI is InChI=1S/C8H6Cl2FNO/c9-3-6(13)7-4(11)1-2-5(12)8(7)10/h1-2H,3,12H2. The fourth-order valence-corrected chi connectivity index (χ4v) is 1.28. The molecule has 1 aromatic rings. The van der Waals surface area contributed by atoms with Crippen LogP contribution in [0.3, 0.4) is 0 Å². The Morgan fingerprint density at radius 1 is 1.54 bits per heavy atom. The number of hydrogen-bond acceptors (Lipinski definition) is 2. The molecule has 0 radical (unpaired) electrons. The van der Waals surface area contributed by atoms with Gasteiger partial charge in [0.15, 0.2) is 5.78 Å². The van der Waals surface area contributed by atoms with Crippen molar-refractivity contribution in [2.45, 2.75) is 0 Å². The average Bonchev–Trinajstić information content (AvgIpc) is 2.12. The van der Waals surface area contributed by atoms with Gasteiger partial charge in [-0.1, -0.05) is 11.6 Å². The van der Waals surface area contributed by atoms with Crippen molar-refractivity contribution in [3.05, 3.63) is 28.5 Å². The van der Waals surface area contributed by atoms with Crippen LogP contribution < -0.4 is 5.73 Å². The molecule has 1 aromatic carbocycles. The highest BCUT2D eigenvalue weighted by Gasteiger charge is 2.16. The molecule has 2 nitrogen and oxygen atoms in total. The third-order valence-electron chi connectivity index (χ3n) is 1.52. The molecule has 0 aliphatic carbocycles. The second kappa shape index (κ2) is 3.94. The molecule has 0 spiro atoms. The Bertz CT molecular complexity index is 354. The van der Waals surface area contributed by atoms with Crippen LogP contribution in [0.5, 0.6) is 0 Å². The number of halogens is 3. The molecular formula is C8H6Cl2FNO. The van der Waals surface area contributed by atoms with Crippen LogP contribution in [0.15, 0.2) is 12.1 Å². The van der Waals surface area contributed by atoms with Crippen molar-refractivity contribution in [2.24, 2.45) is 0 Å². The molecule has 2 N–H and O–H groups in total. The van der Waals surface area contributed by atoms with E-state index in [9.17, 15) is 9.18 Å². The molecule has 13 heavy (non-hydrogen) atoms. The third-order valence-corrected chi connectivity index (χ3v) is 2.17. The summed E-state index contributed by atoms with van der Waals surface area (Å²) in [7, 11) is 0. The van der Waals surface area contributed by atoms with E-state index in [2.05, 4.69) is 0 Å². The van der Waals surface area contributed by atoms with Gasteiger partial charge in [0.1, 0.15) is 5.82 Å². The topological polar surface area (TPSA) is 43.1 Å². The van der Waals surface area contributed by atoms with E-state index in [4.69, 9.17) is 28.9 Å². The van der Waals surface area contributed by atoms with Crippen molar-refractivity contribution in [2.75, 3.05) is 11.6 Å². The lowest BCUT2D eigenvalue weighted by Gasteiger charge is -2.04. The van der Waals surface area contributed by atoms with Crippen molar-refractivity contribution in [1.29, 1.82) is 0 Å². The number of nitrogens with two attached hydrogens (primary N) is 1. The van der Waals surface area contributed by atoms with Gasteiger partial charge in [0, 0.05) is 0 Å². The Morgan fingerprint density at radius 3 is 2.69 bits per heavy atom. The zero-order valence-corrected chi connectivity index (χ0v) is 7.99. The predicted octanol–water partition coefficient (Wildman–Crippen LogP) is 2.48. The predicted molar refractivity (Wildman–Crippen MR) is 50.9 cm³/mol. The number of Topliss-reactive ketones (excluding diaryl/α,β-unsaturated/α-hetero) is 1. The van der Waals surface area contributed by atoms with E-state index in [-0.39, 0.29) is 22.2 Å². The monoisotopic (exact) mass is 221 g/mol. The number of anilines is 1. The number of hydrogen-bond donors (Lipinski definition) is 1. The summed E-state index contributed by atoms with van der Waals surface area (Å²) >= 11 is 10.9. The van der Waals surface area contributed by atoms with Crippen LogP contribution in [0.1, 0.15) is 10.4 Å². The molecule has 0 amide bonds. The zero-order valence-electron chi connectivity index (χ0n) is 6.48. The average molecular weight is 222 g/mol. The molecule has 0 bridgehead atoms. The second-order valence-corrected chi connectivity index (χ2v) is 3.03. The summed E-state index contributed by atoms with van der Waals surface area (Å²) in [5.74, 6) is -1.60. The highest BCUT2D eigenvalue weighted by Crippen LogP contribution is 2.26. The van der Waals surface area contributed by atoms with Gasteiger partial charge in [0.05, 0.1) is 22.2 Å². The van der Waals surface area contributed by atoms with Gasteiger partial charge < -0.3 is 5.73 Å². The van der Waals surface area contributed by atoms with E-state index in [0.717, 1.165) is 6.07 Å². The number of nitrogen functional groups attached to an aromatic ring is 1. The summed E-state index contributed by atoms with van der Waals surface area (Å²) in [5, 5.41) is -0.0781. The fourth-order valence-electron chi connectivity index (χ4n) is 0.891. The minimum atomic E-state index is -0.704. The lowest BCUT2D eigenvalue weighted by atomic mass is 10.1. The van der Waals surface area contributed by atoms with Crippen molar-refractivity contribution in [3.63, 3.8) is 0 Å². The Kier molecular flexibility index (Phi) is 3.12. The van der Waals surface area contributed by atoms with Gasteiger partial charge in [0.2, 0.25) is 0 Å². The number of rotatable bonds is 2. The molecule has 0 aromatic heterocycles. The Morgan fingerprint density at radius 2 is 2.15 bits per heavy atom. The zero-order chi connectivity index (χ0) is 10.0. The molecule has 0 saturated carbocycles. The van der Waals surface area contributed by atoms with Crippen LogP contribution in [0.2, 0.25) is 5.02 Å². The van der Waals surface area contributed by atoms with Crippen LogP contribution in [-0.2, 0) is 0 Å². The Hall–Kier alpha value is -0.800. The smallest absolute Gasteiger partial charge is 0.182 e. The fraction of sp³-hybridized carbons (Fsp3) is 0.125. The molecule has 1 rings (SSSR count). The number of ketones is 1. The van der Waals surface area contributed by atoms with Crippen LogP contribution >= 0.6 is 23.2 Å². The Balaban J connectivity index is 3.33. The normalized spacial score (nSPS) is 10.1. The van der Waals surface area contributed by atoms with Crippen molar-refractivity contribution in [1.82, 2.24) is 0 Å². The lowest BCUT2D eigenvalue weighted by molar-refractivity contribution is 0.101. The quantitative estimate of drug-likeness (QED) is 0.474. The van der Waals surface area contributed by atoms with Gasteiger partial charge in [-0.15, -0.1) is 11.6 Å². The van der Waals surface area contributed by atoms with Crippen molar-refractivity contribution >= 4 is 34.7 Å². The summed E-state index contributed by atoms with van der Waals surface area (Å²) in [6, 6.07) is 2.38. The van der Waals surface area contributed by atoms with Gasteiger partial charge in [-0.25, -0.2) is 4.39 Å². The van der Waals surface area contributed by atoms with E-state index in [1.165, 1.54) is 6.07 Å². The van der Waals surface area contributed by atoms with Crippen molar-refractivity contribution in [3.8, 4) is 0 Å². The van der Waals surface area contributed by atoms with Crippen LogP contribution in [0.25, 0.3) is 0 Å². The van der Waals surface area contributed by atoms with E-state index < -0.39 is 11.6 Å². The summed E-state index contributed by atoms with van der Waals surface area (Å²) in [5.41, 5.74) is 5.31. The third kappa shape index (κ3) is 1.92. The van der Waals surface area contributed by atoms with Crippen molar-refractivity contribution < 1.29 is 9.18 Å². The van der Waals surface area contributed by atoms with Crippen LogP contribution in [0, 0.1) is 5.82 Å². The molecule has 0 aliphatic rings. The number of carbonyl (C=O) groups is 1. The largest absolute Gasteiger partial charge is 0.398 e. The van der Waals surface area contributed by atoms with E-state index in [1.807, 2.05) is 0 Å². The number of alkyl halides is 1. The lowest BCUT2D eigenvalue weighted by Crippen LogP contribution is -2.06. The molecule has 0 aliphatic heterocycles.